The number of hydrogen-bond acceptors (Lipinski definition) is 2. The average molecular weight is 422 g/mol. The first-order chi connectivity index (χ1) is 14.3. The highest BCUT2D eigenvalue weighted by molar-refractivity contribution is 6.30. The fourth-order valence-corrected chi connectivity index (χ4v) is 3.82. The van der Waals surface area contributed by atoms with Gasteiger partial charge in [0.1, 0.15) is 5.82 Å². The first kappa shape index (κ1) is 19.9. The van der Waals surface area contributed by atoms with Crippen molar-refractivity contribution in [2.24, 2.45) is 0 Å². The van der Waals surface area contributed by atoms with Gasteiger partial charge >= 0.3 is 5.97 Å². The second-order valence-electron chi connectivity index (χ2n) is 7.05. The largest absolute Gasteiger partial charge is 0.478 e. The lowest BCUT2D eigenvalue weighted by atomic mass is 9.94. The van der Waals surface area contributed by atoms with Gasteiger partial charge in [-0.05, 0) is 64.2 Å². The first-order valence-corrected chi connectivity index (χ1v) is 9.63. The van der Waals surface area contributed by atoms with E-state index in [0.717, 1.165) is 28.4 Å². The lowest BCUT2D eigenvalue weighted by molar-refractivity contribution is -0.116. The molecule has 0 fully saturated rings. The number of carboxylic acids is 1. The molecule has 0 unspecified atom stereocenters. The Morgan fingerprint density at radius 1 is 1.00 bits per heavy atom. The molecular formula is C24H17ClFNO3. The number of aromatic carboxylic acids is 1. The number of carbonyl (C=O) groups excluding carboxylic acids is 1. The van der Waals surface area contributed by atoms with E-state index in [0.29, 0.717) is 22.7 Å². The Bertz CT molecular complexity index is 1220. The molecule has 1 amide bonds. The Labute approximate surface area is 177 Å². The van der Waals surface area contributed by atoms with Gasteiger partial charge in [0, 0.05) is 11.9 Å². The van der Waals surface area contributed by atoms with E-state index in [4.69, 9.17) is 11.6 Å². The lowest BCUT2D eigenvalue weighted by Gasteiger charge is -2.26. The van der Waals surface area contributed by atoms with E-state index in [9.17, 15) is 19.1 Å². The fourth-order valence-electron chi connectivity index (χ4n) is 3.64. The number of fused-ring (bicyclic) bond motifs is 2. The van der Waals surface area contributed by atoms with Gasteiger partial charge in [-0.2, -0.15) is 0 Å². The van der Waals surface area contributed by atoms with Gasteiger partial charge in [-0.1, -0.05) is 42.0 Å². The standard InChI is InChI=1S/C24H17ClFNO3/c1-14(28)27-13-18-10-16(21-8-7-20(26)12-22(21)24(29)30)4-2-15(18)3-5-17-11-19(25)6-9-23(17)27/h2-12H,13H2,1H3,(H,29,30)/b5-3-. The molecule has 0 bridgehead atoms. The van der Waals surface area contributed by atoms with Crippen LogP contribution in [0, 0.1) is 5.82 Å². The zero-order valence-corrected chi connectivity index (χ0v) is 16.8. The van der Waals surface area contributed by atoms with E-state index in [1.165, 1.54) is 19.1 Å². The molecule has 3 aromatic rings. The number of anilines is 1. The summed E-state index contributed by atoms with van der Waals surface area (Å²) in [6, 6.07) is 14.6. The van der Waals surface area contributed by atoms with Crippen LogP contribution in [0.5, 0.6) is 0 Å². The molecule has 0 spiro atoms. The number of benzene rings is 3. The van der Waals surface area contributed by atoms with Crippen molar-refractivity contribution in [1.82, 2.24) is 0 Å². The van der Waals surface area contributed by atoms with Crippen molar-refractivity contribution in [2.45, 2.75) is 13.5 Å². The highest BCUT2D eigenvalue weighted by Crippen LogP contribution is 2.33. The first-order valence-electron chi connectivity index (χ1n) is 9.25. The predicted molar refractivity (Wildman–Crippen MR) is 116 cm³/mol. The maximum atomic E-state index is 13.6. The molecule has 6 heteroatoms. The van der Waals surface area contributed by atoms with E-state index < -0.39 is 11.8 Å². The van der Waals surface area contributed by atoms with Crippen LogP contribution >= 0.6 is 11.6 Å². The van der Waals surface area contributed by atoms with Crippen molar-refractivity contribution in [1.29, 1.82) is 0 Å². The van der Waals surface area contributed by atoms with Gasteiger partial charge in [-0.25, -0.2) is 9.18 Å². The third-order valence-electron chi connectivity index (χ3n) is 5.10. The summed E-state index contributed by atoms with van der Waals surface area (Å²) in [5.74, 6) is -1.94. The number of nitrogens with zero attached hydrogens (tertiary/aromatic N) is 1. The van der Waals surface area contributed by atoms with Crippen LogP contribution in [0.3, 0.4) is 0 Å². The summed E-state index contributed by atoms with van der Waals surface area (Å²) in [5.41, 5.74) is 4.26. The molecule has 4 nitrogen and oxygen atoms in total. The average Bonchev–Trinajstić information content (AvgIpc) is 2.69. The van der Waals surface area contributed by atoms with E-state index in [2.05, 4.69) is 0 Å². The number of carboxylic acid groups (broad SMARTS) is 1. The van der Waals surface area contributed by atoms with E-state index in [1.807, 2.05) is 24.3 Å². The Balaban J connectivity index is 1.86. The Morgan fingerprint density at radius 3 is 2.50 bits per heavy atom. The van der Waals surface area contributed by atoms with E-state index in [-0.39, 0.29) is 11.5 Å². The summed E-state index contributed by atoms with van der Waals surface area (Å²) in [6.07, 6.45) is 3.84. The maximum absolute atomic E-state index is 13.6. The van der Waals surface area contributed by atoms with Gasteiger partial charge in [0.25, 0.3) is 0 Å². The molecule has 30 heavy (non-hydrogen) atoms. The molecule has 0 aliphatic carbocycles. The summed E-state index contributed by atoms with van der Waals surface area (Å²) in [6.45, 7) is 1.80. The number of amides is 1. The molecule has 3 aromatic carbocycles. The highest BCUT2D eigenvalue weighted by Gasteiger charge is 2.20. The summed E-state index contributed by atoms with van der Waals surface area (Å²) < 4.78 is 13.6. The van der Waals surface area contributed by atoms with Gasteiger partial charge in [-0.3, -0.25) is 4.79 Å². The van der Waals surface area contributed by atoms with E-state index >= 15 is 0 Å². The summed E-state index contributed by atoms with van der Waals surface area (Å²) in [7, 11) is 0. The van der Waals surface area contributed by atoms with Gasteiger partial charge < -0.3 is 10.0 Å². The molecule has 0 saturated carbocycles. The molecule has 1 N–H and O–H groups in total. The van der Waals surface area contributed by atoms with Crippen LogP contribution in [0.1, 0.15) is 34.0 Å². The molecule has 0 aromatic heterocycles. The Kier molecular flexibility index (Phi) is 5.14. The minimum atomic E-state index is -1.20. The van der Waals surface area contributed by atoms with Crippen molar-refractivity contribution < 1.29 is 19.1 Å². The summed E-state index contributed by atoms with van der Waals surface area (Å²) in [5, 5.41) is 10.1. The minimum absolute atomic E-state index is 0.111. The van der Waals surface area contributed by atoms with Crippen LogP contribution in [-0.4, -0.2) is 17.0 Å². The third-order valence-corrected chi connectivity index (χ3v) is 5.33. The third kappa shape index (κ3) is 3.72. The molecule has 0 radical (unpaired) electrons. The number of hydrogen-bond donors (Lipinski definition) is 1. The van der Waals surface area contributed by atoms with Crippen LogP contribution in [0.15, 0.2) is 54.6 Å². The second kappa shape index (κ2) is 7.76. The van der Waals surface area contributed by atoms with Crippen molar-refractivity contribution in [3.8, 4) is 11.1 Å². The molecule has 1 heterocycles. The van der Waals surface area contributed by atoms with Gasteiger partial charge in [-0.15, -0.1) is 0 Å². The molecule has 0 saturated heterocycles. The van der Waals surface area contributed by atoms with Crippen LogP contribution in [0.2, 0.25) is 5.02 Å². The highest BCUT2D eigenvalue weighted by atomic mass is 35.5. The Hall–Kier alpha value is -3.44. The molecule has 1 aliphatic rings. The maximum Gasteiger partial charge on any atom is 0.336 e. The minimum Gasteiger partial charge on any atom is -0.478 e. The monoisotopic (exact) mass is 421 g/mol. The number of halogens is 2. The van der Waals surface area contributed by atoms with Crippen LogP contribution in [0.4, 0.5) is 10.1 Å². The van der Waals surface area contributed by atoms with Crippen molar-refractivity contribution in [3.05, 3.63) is 87.7 Å². The van der Waals surface area contributed by atoms with Gasteiger partial charge in [0.2, 0.25) is 5.91 Å². The topological polar surface area (TPSA) is 57.6 Å². The number of carbonyl (C=O) groups is 2. The normalized spacial score (nSPS) is 13.6. The zero-order chi connectivity index (χ0) is 21.4. The van der Waals surface area contributed by atoms with Crippen LogP contribution in [0.25, 0.3) is 23.3 Å². The fraction of sp³-hybridized carbons (Fsp3) is 0.0833. The van der Waals surface area contributed by atoms with E-state index in [1.54, 1.807) is 29.2 Å². The second-order valence-corrected chi connectivity index (χ2v) is 7.49. The van der Waals surface area contributed by atoms with Gasteiger partial charge in [0.05, 0.1) is 17.8 Å². The van der Waals surface area contributed by atoms with Crippen molar-refractivity contribution >= 4 is 41.3 Å². The van der Waals surface area contributed by atoms with Crippen molar-refractivity contribution in [3.63, 3.8) is 0 Å². The number of rotatable bonds is 2. The zero-order valence-electron chi connectivity index (χ0n) is 16.0. The lowest BCUT2D eigenvalue weighted by Crippen LogP contribution is -2.29. The molecule has 150 valence electrons. The summed E-state index contributed by atoms with van der Waals surface area (Å²) >= 11 is 6.13. The predicted octanol–water partition coefficient (Wildman–Crippen LogP) is 5.88. The summed E-state index contributed by atoms with van der Waals surface area (Å²) in [4.78, 5) is 25.7. The molecular weight excluding hydrogens is 405 g/mol. The smallest absolute Gasteiger partial charge is 0.336 e. The quantitative estimate of drug-likeness (QED) is 0.562. The van der Waals surface area contributed by atoms with Gasteiger partial charge in [0.15, 0.2) is 0 Å². The van der Waals surface area contributed by atoms with Crippen LogP contribution < -0.4 is 4.90 Å². The van der Waals surface area contributed by atoms with Crippen LogP contribution in [-0.2, 0) is 11.3 Å². The SMILES string of the molecule is CC(=O)N1Cc2cc(-c3ccc(F)cc3C(=O)O)ccc2/C=C\c2cc(Cl)ccc21. The molecule has 1 aliphatic heterocycles. The molecule has 0 atom stereocenters. The Morgan fingerprint density at radius 2 is 1.77 bits per heavy atom. The molecule has 4 rings (SSSR count). The van der Waals surface area contributed by atoms with Crippen molar-refractivity contribution in [2.75, 3.05) is 4.90 Å².